The van der Waals surface area contributed by atoms with E-state index in [0.717, 1.165) is 17.0 Å². The highest BCUT2D eigenvalue weighted by atomic mass is 16.6. The van der Waals surface area contributed by atoms with Gasteiger partial charge in [0.25, 0.3) is 11.6 Å². The minimum absolute atomic E-state index is 0.0218. The summed E-state index contributed by atoms with van der Waals surface area (Å²) in [7, 11) is 3.34. The van der Waals surface area contributed by atoms with E-state index in [1.54, 1.807) is 31.0 Å². The summed E-state index contributed by atoms with van der Waals surface area (Å²) in [5.74, 6) is 0.437. The molecule has 0 aliphatic carbocycles. The van der Waals surface area contributed by atoms with Gasteiger partial charge in [-0.1, -0.05) is 12.1 Å². The van der Waals surface area contributed by atoms with Crippen LogP contribution in [0, 0.1) is 10.1 Å². The molecule has 0 fully saturated rings. The molecule has 1 N–H and O–H groups in total. The molecule has 0 bridgehead atoms. The van der Waals surface area contributed by atoms with Gasteiger partial charge in [0, 0.05) is 18.7 Å². The number of methoxy groups -OCH3 is 1. The van der Waals surface area contributed by atoms with Crippen LogP contribution in [-0.4, -0.2) is 27.5 Å². The van der Waals surface area contributed by atoms with Gasteiger partial charge >= 0.3 is 0 Å². The van der Waals surface area contributed by atoms with Crippen molar-refractivity contribution in [2.24, 2.45) is 7.05 Å². The van der Waals surface area contributed by atoms with E-state index in [1.165, 1.54) is 18.2 Å². The molecule has 1 heterocycles. The first-order valence-corrected chi connectivity index (χ1v) is 7.72. The number of nitro groups is 1. The number of aromatic nitrogens is 2. The number of ether oxygens (including phenoxy) is 1. The van der Waals surface area contributed by atoms with Gasteiger partial charge in [0.1, 0.15) is 11.3 Å². The predicted octanol–water partition coefficient (Wildman–Crippen LogP) is 3.26. The first-order valence-electron chi connectivity index (χ1n) is 7.72. The lowest BCUT2D eigenvalue weighted by atomic mass is 10.1. The van der Waals surface area contributed by atoms with Crippen molar-refractivity contribution in [1.29, 1.82) is 0 Å². The lowest BCUT2D eigenvalue weighted by Gasteiger charge is -2.08. The molecule has 0 saturated carbocycles. The largest absolute Gasteiger partial charge is 0.497 e. The lowest BCUT2D eigenvalue weighted by molar-refractivity contribution is -0.385. The fourth-order valence-corrected chi connectivity index (χ4v) is 2.55. The van der Waals surface area contributed by atoms with Gasteiger partial charge < -0.3 is 9.30 Å². The Morgan fingerprint density at radius 3 is 2.54 bits per heavy atom. The van der Waals surface area contributed by atoms with Gasteiger partial charge in [-0.2, -0.15) is 0 Å². The third-order valence-electron chi connectivity index (χ3n) is 3.94. The van der Waals surface area contributed by atoms with E-state index in [4.69, 9.17) is 4.74 Å². The van der Waals surface area contributed by atoms with Crippen LogP contribution in [-0.2, 0) is 7.05 Å². The van der Waals surface area contributed by atoms with Crippen LogP contribution < -0.4 is 10.1 Å². The quantitative estimate of drug-likeness (QED) is 0.561. The molecule has 132 valence electrons. The Morgan fingerprint density at radius 1 is 1.19 bits per heavy atom. The second-order valence-corrected chi connectivity index (χ2v) is 5.48. The molecule has 0 aliphatic rings. The van der Waals surface area contributed by atoms with Crippen molar-refractivity contribution in [2.45, 2.75) is 0 Å². The Kier molecular flexibility index (Phi) is 4.66. The van der Waals surface area contributed by atoms with E-state index in [1.807, 2.05) is 24.3 Å². The maximum absolute atomic E-state index is 12.4. The molecule has 0 spiro atoms. The summed E-state index contributed by atoms with van der Waals surface area (Å²) >= 11 is 0. The van der Waals surface area contributed by atoms with Crippen LogP contribution in [0.3, 0.4) is 0 Å². The number of amides is 1. The highest BCUT2D eigenvalue weighted by Gasteiger charge is 2.21. The number of imidazole rings is 1. The standard InChI is InChI=1S/C18H16N4O4/c1-21-16(12-7-9-13(26-2)10-8-12)11-19-18(21)20-17(23)14-5-3-4-6-15(14)22(24)25/h3-11H,1-2H3,(H,19,20,23). The molecule has 1 aromatic heterocycles. The van der Waals surface area contributed by atoms with Gasteiger partial charge in [0.2, 0.25) is 5.95 Å². The normalized spacial score (nSPS) is 10.4. The van der Waals surface area contributed by atoms with Crippen molar-refractivity contribution in [1.82, 2.24) is 9.55 Å². The number of anilines is 1. The van der Waals surface area contributed by atoms with Crippen LogP contribution in [0.1, 0.15) is 10.4 Å². The van der Waals surface area contributed by atoms with Crippen molar-refractivity contribution in [2.75, 3.05) is 12.4 Å². The van der Waals surface area contributed by atoms with E-state index in [9.17, 15) is 14.9 Å². The Morgan fingerprint density at radius 2 is 1.88 bits per heavy atom. The van der Waals surface area contributed by atoms with Crippen molar-refractivity contribution in [3.05, 3.63) is 70.4 Å². The van der Waals surface area contributed by atoms with Crippen molar-refractivity contribution < 1.29 is 14.5 Å². The monoisotopic (exact) mass is 352 g/mol. The zero-order valence-corrected chi connectivity index (χ0v) is 14.2. The highest BCUT2D eigenvalue weighted by molar-refractivity contribution is 6.06. The highest BCUT2D eigenvalue weighted by Crippen LogP contribution is 2.25. The fraction of sp³-hybridized carbons (Fsp3) is 0.111. The smallest absolute Gasteiger partial charge is 0.282 e. The van der Waals surface area contributed by atoms with Crippen molar-refractivity contribution in [3.63, 3.8) is 0 Å². The van der Waals surface area contributed by atoms with Crippen LogP contribution in [0.25, 0.3) is 11.3 Å². The van der Waals surface area contributed by atoms with E-state index >= 15 is 0 Å². The first-order chi connectivity index (χ1) is 12.5. The molecule has 3 rings (SSSR count). The molecule has 3 aromatic rings. The van der Waals surface area contributed by atoms with Gasteiger partial charge in [0.05, 0.1) is 23.9 Å². The molecule has 26 heavy (non-hydrogen) atoms. The van der Waals surface area contributed by atoms with Crippen LogP contribution in [0.2, 0.25) is 0 Å². The predicted molar refractivity (Wildman–Crippen MR) is 96.2 cm³/mol. The Balaban J connectivity index is 1.86. The number of hydrogen-bond acceptors (Lipinski definition) is 5. The molecule has 0 unspecified atom stereocenters. The van der Waals surface area contributed by atoms with E-state index < -0.39 is 10.8 Å². The summed E-state index contributed by atoms with van der Waals surface area (Å²) in [6, 6.07) is 13.2. The molecule has 0 saturated heterocycles. The summed E-state index contributed by atoms with van der Waals surface area (Å²) in [5, 5.41) is 13.7. The SMILES string of the molecule is COc1ccc(-c2cnc(NC(=O)c3ccccc3[N+](=O)[O-])n2C)cc1. The van der Waals surface area contributed by atoms with Gasteiger partial charge in [-0.05, 0) is 30.3 Å². The summed E-state index contributed by atoms with van der Waals surface area (Å²) in [4.78, 5) is 27.1. The number of nitrogens with zero attached hydrogens (tertiary/aromatic N) is 3. The van der Waals surface area contributed by atoms with Crippen LogP contribution >= 0.6 is 0 Å². The minimum Gasteiger partial charge on any atom is -0.497 e. The molecule has 0 radical (unpaired) electrons. The maximum atomic E-state index is 12.4. The maximum Gasteiger partial charge on any atom is 0.282 e. The number of nitrogens with one attached hydrogen (secondary N) is 1. The first kappa shape index (κ1) is 17.2. The zero-order chi connectivity index (χ0) is 18.7. The van der Waals surface area contributed by atoms with Crippen molar-refractivity contribution >= 4 is 17.5 Å². The molecule has 8 nitrogen and oxygen atoms in total. The molecular formula is C18H16N4O4. The second kappa shape index (κ2) is 7.06. The number of para-hydroxylation sites is 1. The zero-order valence-electron chi connectivity index (χ0n) is 14.2. The molecule has 0 aliphatic heterocycles. The van der Waals surface area contributed by atoms with Gasteiger partial charge in [-0.15, -0.1) is 0 Å². The lowest BCUT2D eigenvalue weighted by Crippen LogP contribution is -2.16. The van der Waals surface area contributed by atoms with Crippen LogP contribution in [0.15, 0.2) is 54.7 Å². The van der Waals surface area contributed by atoms with Crippen molar-refractivity contribution in [3.8, 4) is 17.0 Å². The molecule has 8 heteroatoms. The number of hydrogen-bond donors (Lipinski definition) is 1. The summed E-state index contributed by atoms with van der Waals surface area (Å²) in [6.45, 7) is 0. The van der Waals surface area contributed by atoms with Gasteiger partial charge in [-0.3, -0.25) is 20.2 Å². The van der Waals surface area contributed by atoms with Gasteiger partial charge in [0.15, 0.2) is 0 Å². The number of benzene rings is 2. The Labute approximate surface area is 149 Å². The van der Waals surface area contributed by atoms with Crippen LogP contribution in [0.5, 0.6) is 5.75 Å². The number of carbonyl (C=O) groups excluding carboxylic acids is 1. The summed E-state index contributed by atoms with van der Waals surface area (Å²) in [6.07, 6.45) is 1.62. The summed E-state index contributed by atoms with van der Waals surface area (Å²) in [5.41, 5.74) is 1.40. The molecule has 1 amide bonds. The fourth-order valence-electron chi connectivity index (χ4n) is 2.55. The van der Waals surface area contributed by atoms with E-state index in [2.05, 4.69) is 10.3 Å². The second-order valence-electron chi connectivity index (χ2n) is 5.48. The summed E-state index contributed by atoms with van der Waals surface area (Å²) < 4.78 is 6.84. The van der Waals surface area contributed by atoms with Crippen LogP contribution in [0.4, 0.5) is 11.6 Å². The van der Waals surface area contributed by atoms with E-state index in [-0.39, 0.29) is 11.3 Å². The molecular weight excluding hydrogens is 336 g/mol. The topological polar surface area (TPSA) is 99.3 Å². The number of nitro benzene ring substituents is 1. The minimum atomic E-state index is -0.590. The Hall–Kier alpha value is -3.68. The Bertz CT molecular complexity index is 964. The average Bonchev–Trinajstić information content (AvgIpc) is 3.02. The molecule has 2 aromatic carbocycles. The third kappa shape index (κ3) is 3.25. The van der Waals surface area contributed by atoms with E-state index in [0.29, 0.717) is 5.95 Å². The molecule has 0 atom stereocenters. The van der Waals surface area contributed by atoms with Gasteiger partial charge in [-0.25, -0.2) is 4.98 Å². The number of carbonyl (C=O) groups is 1. The number of rotatable bonds is 5. The average molecular weight is 352 g/mol. The third-order valence-corrected chi connectivity index (χ3v) is 3.94.